The molecule has 1 aromatic rings. The van der Waals surface area contributed by atoms with Crippen molar-refractivity contribution >= 4 is 21.4 Å². The van der Waals surface area contributed by atoms with Gasteiger partial charge in [0.1, 0.15) is 5.84 Å². The quantitative estimate of drug-likeness (QED) is 0.592. The van der Waals surface area contributed by atoms with Crippen LogP contribution >= 0.6 is 0 Å². The van der Waals surface area contributed by atoms with E-state index in [9.17, 15) is 8.42 Å². The average molecular weight is 269 g/mol. The first kappa shape index (κ1) is 14.5. The highest BCUT2D eigenvalue weighted by Gasteiger charge is 2.10. The highest BCUT2D eigenvalue weighted by molar-refractivity contribution is 7.91. The highest BCUT2D eigenvalue weighted by atomic mass is 32.2. The lowest BCUT2D eigenvalue weighted by Gasteiger charge is -2.19. The zero-order valence-electron chi connectivity index (χ0n) is 10.7. The predicted octanol–water partition coefficient (Wildman–Crippen LogP) is 0.842. The van der Waals surface area contributed by atoms with Crippen molar-refractivity contribution in [1.82, 2.24) is 0 Å². The zero-order chi connectivity index (χ0) is 13.8. The largest absolute Gasteiger partial charge is 0.384 e. The van der Waals surface area contributed by atoms with Crippen LogP contribution in [0.2, 0.25) is 0 Å². The Labute approximate surface area is 108 Å². The molecule has 0 atom stereocenters. The summed E-state index contributed by atoms with van der Waals surface area (Å²) in [5.41, 5.74) is 6.91. The molecule has 0 unspecified atom stereocenters. The van der Waals surface area contributed by atoms with Gasteiger partial charge in [0.2, 0.25) is 0 Å². The first-order valence-electron chi connectivity index (χ1n) is 5.71. The second-order valence-electron chi connectivity index (χ2n) is 4.12. The molecular weight excluding hydrogens is 250 g/mol. The first-order valence-corrected chi connectivity index (χ1v) is 7.54. The van der Waals surface area contributed by atoms with Gasteiger partial charge in [-0.2, -0.15) is 0 Å². The number of nitrogens with one attached hydrogen (secondary N) is 1. The maximum atomic E-state index is 11.4. The van der Waals surface area contributed by atoms with E-state index in [-0.39, 0.29) is 17.3 Å². The number of hydrogen-bond acceptors (Lipinski definition) is 4. The normalized spacial score (nSPS) is 11.2. The van der Waals surface area contributed by atoms with Gasteiger partial charge in [0.15, 0.2) is 9.84 Å². The fourth-order valence-corrected chi connectivity index (χ4v) is 2.30. The minimum atomic E-state index is -2.96. The summed E-state index contributed by atoms with van der Waals surface area (Å²) in [5, 5.41) is 7.37. The summed E-state index contributed by atoms with van der Waals surface area (Å²) >= 11 is 0. The molecule has 18 heavy (non-hydrogen) atoms. The number of hydrogen-bond donors (Lipinski definition) is 2. The maximum Gasteiger partial charge on any atom is 0.151 e. The molecule has 5 nitrogen and oxygen atoms in total. The monoisotopic (exact) mass is 269 g/mol. The summed E-state index contributed by atoms with van der Waals surface area (Å²) < 4.78 is 22.9. The Morgan fingerprint density at radius 1 is 1.44 bits per heavy atom. The van der Waals surface area contributed by atoms with Crippen LogP contribution in [0.4, 0.5) is 5.69 Å². The van der Waals surface area contributed by atoms with Gasteiger partial charge >= 0.3 is 0 Å². The Hall–Kier alpha value is -1.56. The topological polar surface area (TPSA) is 87.2 Å². The van der Waals surface area contributed by atoms with Crippen molar-refractivity contribution in [3.05, 3.63) is 29.8 Å². The molecule has 0 aromatic heterocycles. The minimum absolute atomic E-state index is 0.00595. The van der Waals surface area contributed by atoms with Crippen LogP contribution < -0.4 is 10.6 Å². The summed E-state index contributed by atoms with van der Waals surface area (Å²) in [7, 11) is -1.13. The molecule has 3 N–H and O–H groups in total. The fraction of sp³-hybridized carbons (Fsp3) is 0.417. The van der Waals surface area contributed by atoms with Crippen molar-refractivity contribution in [1.29, 1.82) is 5.41 Å². The Bertz CT molecular complexity index is 526. The Balaban J connectivity index is 2.76. The average Bonchev–Trinajstić information content (AvgIpc) is 2.36. The van der Waals surface area contributed by atoms with Crippen LogP contribution in [0, 0.1) is 5.41 Å². The Kier molecular flexibility index (Phi) is 4.72. The lowest BCUT2D eigenvalue weighted by Crippen LogP contribution is -2.26. The smallest absolute Gasteiger partial charge is 0.151 e. The lowest BCUT2D eigenvalue weighted by molar-refractivity contribution is 0.596. The van der Waals surface area contributed by atoms with E-state index in [4.69, 9.17) is 11.1 Å². The van der Waals surface area contributed by atoms with Gasteiger partial charge in [0.25, 0.3) is 0 Å². The zero-order valence-corrected chi connectivity index (χ0v) is 11.5. The lowest BCUT2D eigenvalue weighted by atomic mass is 10.2. The standard InChI is InChI=1S/C12H19N3O2S/c1-3-18(16,17)8-7-15(2)11-6-4-5-10(9-11)12(13)14/h4-6,9H,3,7-8H2,1-2H3,(H3,13,14). The number of amidine groups is 1. The van der Waals surface area contributed by atoms with Gasteiger partial charge in [-0.05, 0) is 12.1 Å². The van der Waals surface area contributed by atoms with E-state index in [1.807, 2.05) is 18.0 Å². The van der Waals surface area contributed by atoms with E-state index in [1.165, 1.54) is 0 Å². The third-order valence-electron chi connectivity index (χ3n) is 2.78. The number of rotatable bonds is 6. The molecule has 0 bridgehead atoms. The summed E-state index contributed by atoms with van der Waals surface area (Å²) in [6.07, 6.45) is 0. The predicted molar refractivity (Wildman–Crippen MR) is 75.1 cm³/mol. The first-order chi connectivity index (χ1) is 8.35. The molecule has 0 spiro atoms. The van der Waals surface area contributed by atoms with Gasteiger partial charge in [-0.3, -0.25) is 5.41 Å². The van der Waals surface area contributed by atoms with Crippen molar-refractivity contribution in [3.63, 3.8) is 0 Å². The van der Waals surface area contributed by atoms with Crippen LogP contribution in [0.5, 0.6) is 0 Å². The SMILES string of the molecule is CCS(=O)(=O)CCN(C)c1cccc(C(=N)N)c1. The number of sulfone groups is 1. The van der Waals surface area contributed by atoms with Crippen LogP contribution in [-0.4, -0.2) is 39.4 Å². The summed E-state index contributed by atoms with van der Waals surface area (Å²) in [6.45, 7) is 2.07. The second-order valence-corrected chi connectivity index (χ2v) is 6.59. The van der Waals surface area contributed by atoms with E-state index in [0.29, 0.717) is 12.1 Å². The van der Waals surface area contributed by atoms with E-state index in [0.717, 1.165) is 5.69 Å². The molecule has 1 rings (SSSR count). The van der Waals surface area contributed by atoms with Crippen LogP contribution in [-0.2, 0) is 9.84 Å². The molecule has 0 radical (unpaired) electrons. The van der Waals surface area contributed by atoms with Crippen LogP contribution in [0.1, 0.15) is 12.5 Å². The molecular formula is C12H19N3O2S. The van der Waals surface area contributed by atoms with E-state index < -0.39 is 9.84 Å². The fourth-order valence-electron chi connectivity index (χ4n) is 1.46. The van der Waals surface area contributed by atoms with Crippen LogP contribution in [0.3, 0.4) is 0 Å². The van der Waals surface area contributed by atoms with Gasteiger partial charge in [-0.1, -0.05) is 19.1 Å². The number of benzene rings is 1. The molecule has 0 aliphatic carbocycles. The number of nitrogen functional groups attached to an aromatic ring is 1. The van der Waals surface area contributed by atoms with Gasteiger partial charge < -0.3 is 10.6 Å². The molecule has 0 saturated carbocycles. The van der Waals surface area contributed by atoms with Gasteiger partial charge in [0, 0.05) is 30.6 Å². The van der Waals surface area contributed by atoms with Gasteiger partial charge in [0.05, 0.1) is 5.75 Å². The van der Waals surface area contributed by atoms with E-state index in [2.05, 4.69) is 0 Å². The summed E-state index contributed by atoms with van der Waals surface area (Å²) in [4.78, 5) is 1.85. The highest BCUT2D eigenvalue weighted by Crippen LogP contribution is 2.14. The van der Waals surface area contributed by atoms with Crippen molar-refractivity contribution in [2.45, 2.75) is 6.92 Å². The van der Waals surface area contributed by atoms with Crippen molar-refractivity contribution in [2.75, 3.05) is 30.0 Å². The van der Waals surface area contributed by atoms with Crippen molar-refractivity contribution in [3.8, 4) is 0 Å². The van der Waals surface area contributed by atoms with Crippen molar-refractivity contribution < 1.29 is 8.42 Å². The molecule has 1 aromatic carbocycles. The van der Waals surface area contributed by atoms with Gasteiger partial charge in [-0.25, -0.2) is 8.42 Å². The third kappa shape index (κ3) is 4.03. The van der Waals surface area contributed by atoms with Crippen LogP contribution in [0.15, 0.2) is 24.3 Å². The van der Waals surface area contributed by atoms with E-state index in [1.54, 1.807) is 25.1 Å². The Morgan fingerprint density at radius 3 is 2.67 bits per heavy atom. The molecule has 0 amide bonds. The molecule has 0 aliphatic rings. The molecule has 0 fully saturated rings. The molecule has 100 valence electrons. The van der Waals surface area contributed by atoms with Crippen LogP contribution in [0.25, 0.3) is 0 Å². The number of nitrogens with zero attached hydrogens (tertiary/aromatic N) is 1. The number of nitrogens with two attached hydrogens (primary N) is 1. The molecule has 6 heteroatoms. The summed E-state index contributed by atoms with van der Waals surface area (Å²) in [6, 6.07) is 7.20. The summed E-state index contributed by atoms with van der Waals surface area (Å²) in [5.74, 6) is 0.296. The van der Waals surface area contributed by atoms with Gasteiger partial charge in [-0.15, -0.1) is 0 Å². The third-order valence-corrected chi connectivity index (χ3v) is 4.46. The molecule has 0 aliphatic heterocycles. The Morgan fingerprint density at radius 2 is 2.11 bits per heavy atom. The second kappa shape index (κ2) is 5.86. The molecule has 0 heterocycles. The number of anilines is 1. The minimum Gasteiger partial charge on any atom is -0.384 e. The van der Waals surface area contributed by atoms with E-state index >= 15 is 0 Å². The molecule has 0 saturated heterocycles. The van der Waals surface area contributed by atoms with Crippen molar-refractivity contribution in [2.24, 2.45) is 5.73 Å². The maximum absolute atomic E-state index is 11.4.